The summed E-state index contributed by atoms with van der Waals surface area (Å²) in [6.07, 6.45) is 0.352. The fourth-order valence-corrected chi connectivity index (χ4v) is 3.46. The predicted octanol–water partition coefficient (Wildman–Crippen LogP) is 2.50. The maximum Gasteiger partial charge on any atom is 0.343 e. The lowest BCUT2D eigenvalue weighted by Crippen LogP contribution is -2.44. The number of ether oxygens (including phenoxy) is 1. The third-order valence-corrected chi connectivity index (χ3v) is 4.90. The summed E-state index contributed by atoms with van der Waals surface area (Å²) in [6, 6.07) is 11.2. The number of hydrogen-bond acceptors (Lipinski definition) is 4. The molecule has 0 aliphatic carbocycles. The number of benzene rings is 2. The van der Waals surface area contributed by atoms with Gasteiger partial charge in [-0.2, -0.15) is 0 Å². The van der Waals surface area contributed by atoms with E-state index in [1.165, 1.54) is 12.1 Å². The van der Waals surface area contributed by atoms with Gasteiger partial charge in [0.1, 0.15) is 18.1 Å². The van der Waals surface area contributed by atoms with Gasteiger partial charge in [-0.1, -0.05) is 0 Å². The minimum Gasteiger partial charge on any atom is -0.497 e. The number of fused-ring (bicyclic) bond motifs is 1. The van der Waals surface area contributed by atoms with E-state index < -0.39 is 17.8 Å². The molecule has 0 atom stereocenters. The van der Waals surface area contributed by atoms with Crippen molar-refractivity contribution in [1.29, 1.82) is 0 Å². The molecule has 1 fully saturated rings. The molecule has 1 aliphatic rings. The molecule has 154 valence electrons. The number of hydrogen-bond donors (Lipinski definition) is 3. The number of amides is 4. The van der Waals surface area contributed by atoms with E-state index in [0.717, 1.165) is 27.3 Å². The van der Waals surface area contributed by atoms with Gasteiger partial charge >= 0.3 is 6.03 Å². The van der Waals surface area contributed by atoms with Gasteiger partial charge in [0.2, 0.25) is 11.8 Å². The molecule has 1 aliphatic heterocycles. The lowest BCUT2D eigenvalue weighted by Gasteiger charge is -2.14. The van der Waals surface area contributed by atoms with Gasteiger partial charge in [0.25, 0.3) is 0 Å². The summed E-state index contributed by atoms with van der Waals surface area (Å²) in [5.74, 6) is -0.568. The van der Waals surface area contributed by atoms with Crippen LogP contribution in [0.3, 0.4) is 0 Å². The number of H-pyrrole nitrogens is 1. The summed E-state index contributed by atoms with van der Waals surface area (Å²) in [6.45, 7) is -0.222. The minimum atomic E-state index is -0.665. The highest BCUT2D eigenvalue weighted by Gasteiger charge is 2.28. The summed E-state index contributed by atoms with van der Waals surface area (Å²) in [5, 5.41) is 3.71. The van der Waals surface area contributed by atoms with Gasteiger partial charge in [-0.3, -0.25) is 20.3 Å². The van der Waals surface area contributed by atoms with E-state index in [0.29, 0.717) is 17.6 Å². The number of urea groups is 1. The van der Waals surface area contributed by atoms with Crippen molar-refractivity contribution in [2.24, 2.45) is 0 Å². The van der Waals surface area contributed by atoms with Crippen molar-refractivity contribution in [2.75, 3.05) is 13.7 Å². The number of halogens is 1. The van der Waals surface area contributed by atoms with E-state index in [9.17, 15) is 18.8 Å². The molecular formula is C21H19FN4O4. The first-order valence-electron chi connectivity index (χ1n) is 9.30. The molecule has 3 aromatic rings. The summed E-state index contributed by atoms with van der Waals surface area (Å²) >= 11 is 0. The average molecular weight is 410 g/mol. The van der Waals surface area contributed by atoms with Crippen LogP contribution in [-0.4, -0.2) is 41.5 Å². The summed E-state index contributed by atoms with van der Waals surface area (Å²) in [5.41, 5.74) is 5.60. The highest BCUT2D eigenvalue weighted by Crippen LogP contribution is 2.32. The minimum absolute atomic E-state index is 0.0462. The number of carbonyl (C=O) groups is 3. The molecule has 30 heavy (non-hydrogen) atoms. The molecule has 0 unspecified atom stereocenters. The molecule has 0 spiro atoms. The van der Waals surface area contributed by atoms with Crippen LogP contribution in [0.5, 0.6) is 5.75 Å². The van der Waals surface area contributed by atoms with Crippen molar-refractivity contribution >= 4 is 28.7 Å². The first-order chi connectivity index (χ1) is 14.4. The van der Waals surface area contributed by atoms with Gasteiger partial charge in [0, 0.05) is 23.0 Å². The Morgan fingerprint density at radius 1 is 1.20 bits per heavy atom. The van der Waals surface area contributed by atoms with Crippen molar-refractivity contribution < 1.29 is 23.5 Å². The van der Waals surface area contributed by atoms with Gasteiger partial charge in [-0.15, -0.1) is 0 Å². The lowest BCUT2D eigenvalue weighted by atomic mass is 10.0. The monoisotopic (exact) mass is 410 g/mol. The number of rotatable bonds is 6. The number of methoxy groups -OCH3 is 1. The maximum absolute atomic E-state index is 13.9. The van der Waals surface area contributed by atoms with E-state index in [2.05, 4.69) is 15.7 Å². The molecule has 8 nitrogen and oxygen atoms in total. The van der Waals surface area contributed by atoms with Gasteiger partial charge in [-0.25, -0.2) is 14.2 Å². The number of carbonyl (C=O) groups excluding carboxylic acids is 3. The van der Waals surface area contributed by atoms with Crippen LogP contribution in [0, 0.1) is 5.82 Å². The Labute approximate surface area is 171 Å². The first kappa shape index (κ1) is 19.4. The largest absolute Gasteiger partial charge is 0.497 e. The molecule has 1 aromatic heterocycles. The summed E-state index contributed by atoms with van der Waals surface area (Å²) in [7, 11) is 1.58. The summed E-state index contributed by atoms with van der Waals surface area (Å²) < 4.78 is 19.1. The second kappa shape index (κ2) is 7.86. The van der Waals surface area contributed by atoms with E-state index in [1.54, 1.807) is 13.2 Å². The Balaban J connectivity index is 1.59. The fraction of sp³-hybridized carbons (Fsp3) is 0.190. The van der Waals surface area contributed by atoms with Crippen LogP contribution in [0.4, 0.5) is 9.18 Å². The zero-order chi connectivity index (χ0) is 21.3. The van der Waals surface area contributed by atoms with Crippen LogP contribution in [0.25, 0.3) is 22.2 Å². The van der Waals surface area contributed by atoms with E-state index in [-0.39, 0.29) is 18.8 Å². The fourth-order valence-electron chi connectivity index (χ4n) is 3.46. The van der Waals surface area contributed by atoms with Crippen LogP contribution in [0.15, 0.2) is 42.5 Å². The van der Waals surface area contributed by atoms with Gasteiger partial charge in [0.15, 0.2) is 0 Å². The number of nitrogens with one attached hydrogen (secondary N) is 3. The molecular weight excluding hydrogens is 391 g/mol. The number of aryl methyl sites for hydroxylation is 1. The van der Waals surface area contributed by atoms with Crippen LogP contribution in [0.2, 0.25) is 0 Å². The third kappa shape index (κ3) is 3.82. The number of aromatic amines is 1. The topological polar surface area (TPSA) is 104 Å². The van der Waals surface area contributed by atoms with E-state index >= 15 is 0 Å². The SMILES string of the molecule is COc1ccc(-c2[nH]c3ccc(F)cc3c2CCC(=O)NN2CC(=O)NC2=O)cc1. The van der Waals surface area contributed by atoms with Gasteiger partial charge in [0.05, 0.1) is 7.11 Å². The van der Waals surface area contributed by atoms with Crippen LogP contribution >= 0.6 is 0 Å². The Kier molecular flexibility index (Phi) is 5.09. The molecule has 2 aromatic carbocycles. The van der Waals surface area contributed by atoms with Crippen molar-refractivity contribution in [1.82, 2.24) is 20.7 Å². The molecule has 3 N–H and O–H groups in total. The van der Waals surface area contributed by atoms with Crippen LogP contribution in [0.1, 0.15) is 12.0 Å². The van der Waals surface area contributed by atoms with Crippen molar-refractivity contribution in [3.63, 3.8) is 0 Å². The Morgan fingerprint density at radius 3 is 2.63 bits per heavy atom. The predicted molar refractivity (Wildman–Crippen MR) is 107 cm³/mol. The van der Waals surface area contributed by atoms with Crippen molar-refractivity contribution in [3.05, 3.63) is 53.8 Å². The Bertz CT molecular complexity index is 1140. The second-order valence-corrected chi connectivity index (χ2v) is 6.87. The molecule has 4 rings (SSSR count). The molecule has 0 radical (unpaired) electrons. The van der Waals surface area contributed by atoms with Gasteiger partial charge < -0.3 is 9.72 Å². The zero-order valence-electron chi connectivity index (χ0n) is 16.1. The highest BCUT2D eigenvalue weighted by molar-refractivity contribution is 6.02. The molecule has 0 bridgehead atoms. The van der Waals surface area contributed by atoms with E-state index in [1.807, 2.05) is 24.3 Å². The quantitative estimate of drug-likeness (QED) is 0.543. The molecule has 4 amide bonds. The smallest absolute Gasteiger partial charge is 0.343 e. The highest BCUT2D eigenvalue weighted by atomic mass is 19.1. The summed E-state index contributed by atoms with van der Waals surface area (Å²) in [4.78, 5) is 38.5. The molecule has 1 saturated heterocycles. The normalized spacial score (nSPS) is 13.6. The first-order valence-corrected chi connectivity index (χ1v) is 9.30. The number of aromatic nitrogens is 1. The van der Waals surface area contributed by atoms with Crippen molar-refractivity contribution in [2.45, 2.75) is 12.8 Å². The zero-order valence-corrected chi connectivity index (χ0v) is 16.1. The standard InChI is InChI=1S/C21H19FN4O4/c1-30-14-5-2-12(3-6-14)20-15(16-10-13(22)4-8-17(16)23-20)7-9-18(27)25-26-11-19(28)24-21(26)29/h2-6,8,10,23H,7,9,11H2,1H3,(H,25,27)(H,24,28,29). The third-order valence-electron chi connectivity index (χ3n) is 4.90. The number of hydrazine groups is 1. The Hall–Kier alpha value is -3.88. The Morgan fingerprint density at radius 2 is 1.97 bits per heavy atom. The molecule has 9 heteroatoms. The lowest BCUT2D eigenvalue weighted by molar-refractivity contribution is -0.125. The maximum atomic E-state index is 13.9. The molecule has 2 heterocycles. The van der Waals surface area contributed by atoms with Crippen molar-refractivity contribution in [3.8, 4) is 17.0 Å². The van der Waals surface area contributed by atoms with Crippen LogP contribution in [-0.2, 0) is 16.0 Å². The molecule has 0 saturated carbocycles. The number of imide groups is 1. The second-order valence-electron chi connectivity index (χ2n) is 6.87. The number of nitrogens with zero attached hydrogens (tertiary/aromatic N) is 1. The van der Waals surface area contributed by atoms with Crippen LogP contribution < -0.4 is 15.5 Å². The van der Waals surface area contributed by atoms with E-state index in [4.69, 9.17) is 4.74 Å². The average Bonchev–Trinajstić information content (AvgIpc) is 3.24. The van der Waals surface area contributed by atoms with Gasteiger partial charge in [-0.05, 0) is 60.0 Å².